The van der Waals surface area contributed by atoms with Gasteiger partial charge in [-0.3, -0.25) is 4.79 Å². The largest absolute Gasteiger partial charge is 0.384 e. The molecule has 0 bridgehead atoms. The van der Waals surface area contributed by atoms with Crippen molar-refractivity contribution in [1.29, 1.82) is 0 Å². The van der Waals surface area contributed by atoms with Crippen LogP contribution in [0, 0.1) is 12.3 Å². The van der Waals surface area contributed by atoms with Crippen LogP contribution in [0.3, 0.4) is 0 Å². The maximum atomic E-state index is 12.0. The first-order chi connectivity index (χ1) is 7.86. The number of nitrogens with one attached hydrogen (secondary N) is 2. The second-order valence-corrected chi connectivity index (χ2v) is 4.96. The first-order valence-electron chi connectivity index (χ1n) is 5.68. The van der Waals surface area contributed by atoms with Crippen LogP contribution >= 0.6 is 0 Å². The SMILES string of the molecule is COCC(C)(C)C(=O)NC(C)c1ncc(C)[nH]1. The highest BCUT2D eigenvalue weighted by Crippen LogP contribution is 2.17. The minimum atomic E-state index is -0.537. The van der Waals surface area contributed by atoms with Gasteiger partial charge in [0.25, 0.3) is 0 Å². The van der Waals surface area contributed by atoms with Crippen molar-refractivity contribution < 1.29 is 9.53 Å². The molecule has 96 valence electrons. The summed E-state index contributed by atoms with van der Waals surface area (Å²) in [5, 5.41) is 2.92. The van der Waals surface area contributed by atoms with Crippen LogP contribution in [0.15, 0.2) is 6.20 Å². The number of H-pyrrole nitrogens is 1. The van der Waals surface area contributed by atoms with Gasteiger partial charge in [0, 0.05) is 19.0 Å². The smallest absolute Gasteiger partial charge is 0.228 e. The average Bonchev–Trinajstić information content (AvgIpc) is 2.64. The zero-order valence-electron chi connectivity index (χ0n) is 11.1. The monoisotopic (exact) mass is 239 g/mol. The van der Waals surface area contributed by atoms with E-state index in [9.17, 15) is 4.79 Å². The number of aryl methyl sites for hydroxylation is 1. The predicted octanol–water partition coefficient (Wildman–Crippen LogP) is 1.57. The third-order valence-electron chi connectivity index (χ3n) is 2.60. The van der Waals surface area contributed by atoms with Crippen LogP contribution in [0.5, 0.6) is 0 Å². The van der Waals surface area contributed by atoms with E-state index in [-0.39, 0.29) is 11.9 Å². The van der Waals surface area contributed by atoms with Crippen LogP contribution in [-0.4, -0.2) is 29.6 Å². The van der Waals surface area contributed by atoms with Gasteiger partial charge in [0.1, 0.15) is 5.82 Å². The Bertz CT molecular complexity index is 385. The van der Waals surface area contributed by atoms with Crippen molar-refractivity contribution in [3.63, 3.8) is 0 Å². The second-order valence-electron chi connectivity index (χ2n) is 4.96. The third-order valence-corrected chi connectivity index (χ3v) is 2.60. The highest BCUT2D eigenvalue weighted by atomic mass is 16.5. The Balaban J connectivity index is 2.63. The van der Waals surface area contributed by atoms with Gasteiger partial charge in [-0.2, -0.15) is 0 Å². The van der Waals surface area contributed by atoms with Crippen molar-refractivity contribution >= 4 is 5.91 Å². The van der Waals surface area contributed by atoms with Crippen LogP contribution in [0.2, 0.25) is 0 Å². The van der Waals surface area contributed by atoms with Crippen molar-refractivity contribution in [3.05, 3.63) is 17.7 Å². The van der Waals surface area contributed by atoms with Crippen molar-refractivity contribution in [2.24, 2.45) is 5.41 Å². The molecule has 1 aromatic rings. The Morgan fingerprint density at radius 3 is 2.76 bits per heavy atom. The van der Waals surface area contributed by atoms with E-state index in [2.05, 4.69) is 15.3 Å². The number of carbonyl (C=O) groups excluding carboxylic acids is 1. The van der Waals surface area contributed by atoms with E-state index in [1.54, 1.807) is 13.3 Å². The number of imidazole rings is 1. The van der Waals surface area contributed by atoms with E-state index in [1.165, 1.54) is 0 Å². The number of ether oxygens (including phenoxy) is 1. The van der Waals surface area contributed by atoms with Gasteiger partial charge >= 0.3 is 0 Å². The topological polar surface area (TPSA) is 67.0 Å². The second kappa shape index (κ2) is 5.31. The van der Waals surface area contributed by atoms with Gasteiger partial charge < -0.3 is 15.0 Å². The van der Waals surface area contributed by atoms with Gasteiger partial charge in [-0.25, -0.2) is 4.98 Å². The lowest BCUT2D eigenvalue weighted by molar-refractivity contribution is -0.132. The van der Waals surface area contributed by atoms with Crippen molar-refractivity contribution in [3.8, 4) is 0 Å². The van der Waals surface area contributed by atoms with Crippen LogP contribution in [0.1, 0.15) is 38.3 Å². The Hall–Kier alpha value is -1.36. The molecule has 5 heteroatoms. The average molecular weight is 239 g/mol. The minimum Gasteiger partial charge on any atom is -0.384 e. The first-order valence-corrected chi connectivity index (χ1v) is 5.68. The molecular formula is C12H21N3O2. The summed E-state index contributed by atoms with van der Waals surface area (Å²) < 4.78 is 5.03. The standard InChI is InChI=1S/C12H21N3O2/c1-8-6-13-10(14-8)9(2)15-11(16)12(3,4)7-17-5/h6,9H,7H2,1-5H3,(H,13,14)(H,15,16). The molecule has 0 fully saturated rings. The van der Waals surface area contributed by atoms with Crippen molar-refractivity contribution in [2.45, 2.75) is 33.7 Å². The fourth-order valence-corrected chi connectivity index (χ4v) is 1.54. The van der Waals surface area contributed by atoms with Crippen LogP contribution in [-0.2, 0) is 9.53 Å². The fraction of sp³-hybridized carbons (Fsp3) is 0.667. The van der Waals surface area contributed by atoms with E-state index in [1.807, 2.05) is 27.7 Å². The molecule has 1 rings (SSSR count). The molecule has 0 aliphatic heterocycles. The summed E-state index contributed by atoms with van der Waals surface area (Å²) in [6.45, 7) is 7.93. The number of hydrogen-bond donors (Lipinski definition) is 2. The molecule has 0 saturated heterocycles. The molecule has 0 aliphatic carbocycles. The number of nitrogens with zero attached hydrogens (tertiary/aromatic N) is 1. The molecule has 1 unspecified atom stereocenters. The summed E-state index contributed by atoms with van der Waals surface area (Å²) in [5.74, 6) is 0.727. The van der Waals surface area contributed by atoms with E-state index >= 15 is 0 Å². The fourth-order valence-electron chi connectivity index (χ4n) is 1.54. The summed E-state index contributed by atoms with van der Waals surface area (Å²) in [4.78, 5) is 19.3. The molecular weight excluding hydrogens is 218 g/mol. The molecule has 1 amide bonds. The van der Waals surface area contributed by atoms with Crippen LogP contribution < -0.4 is 5.32 Å². The number of carbonyl (C=O) groups is 1. The lowest BCUT2D eigenvalue weighted by Gasteiger charge is -2.24. The zero-order valence-corrected chi connectivity index (χ0v) is 11.1. The van der Waals surface area contributed by atoms with E-state index < -0.39 is 5.41 Å². The van der Waals surface area contributed by atoms with E-state index in [4.69, 9.17) is 4.74 Å². The van der Waals surface area contributed by atoms with Crippen molar-refractivity contribution in [2.75, 3.05) is 13.7 Å². The molecule has 1 heterocycles. The summed E-state index contributed by atoms with van der Waals surface area (Å²) in [5.41, 5.74) is 0.447. The highest BCUT2D eigenvalue weighted by molar-refractivity contribution is 5.82. The first kappa shape index (κ1) is 13.7. The minimum absolute atomic E-state index is 0.0408. The Labute approximate surface area is 102 Å². The summed E-state index contributed by atoms with van der Waals surface area (Å²) in [7, 11) is 1.59. The molecule has 17 heavy (non-hydrogen) atoms. The van der Waals surface area contributed by atoms with Gasteiger partial charge in [0.2, 0.25) is 5.91 Å². The number of methoxy groups -OCH3 is 1. The summed E-state index contributed by atoms with van der Waals surface area (Å²) in [6, 6.07) is -0.132. The molecule has 0 aliphatic rings. The molecule has 1 aromatic heterocycles. The molecule has 5 nitrogen and oxygen atoms in total. The van der Waals surface area contributed by atoms with E-state index in [0.717, 1.165) is 11.5 Å². The van der Waals surface area contributed by atoms with Gasteiger partial charge in [0.15, 0.2) is 0 Å². The Morgan fingerprint density at radius 2 is 2.29 bits per heavy atom. The normalized spacial score (nSPS) is 13.5. The summed E-state index contributed by atoms with van der Waals surface area (Å²) >= 11 is 0. The maximum absolute atomic E-state index is 12.0. The van der Waals surface area contributed by atoms with Gasteiger partial charge in [-0.15, -0.1) is 0 Å². The predicted molar refractivity (Wildman–Crippen MR) is 65.5 cm³/mol. The van der Waals surface area contributed by atoms with Gasteiger partial charge in [-0.05, 0) is 27.7 Å². The Kier molecular flexibility index (Phi) is 4.28. The van der Waals surface area contributed by atoms with Gasteiger partial charge in [0.05, 0.1) is 18.1 Å². The molecule has 2 N–H and O–H groups in total. The quantitative estimate of drug-likeness (QED) is 0.819. The molecule has 0 radical (unpaired) electrons. The molecule has 1 atom stereocenters. The lowest BCUT2D eigenvalue weighted by atomic mass is 9.93. The zero-order chi connectivity index (χ0) is 13.1. The van der Waals surface area contributed by atoms with Crippen LogP contribution in [0.4, 0.5) is 0 Å². The summed E-state index contributed by atoms with van der Waals surface area (Å²) in [6.07, 6.45) is 1.75. The lowest BCUT2D eigenvalue weighted by Crippen LogP contribution is -2.41. The number of aromatic nitrogens is 2. The maximum Gasteiger partial charge on any atom is 0.228 e. The molecule has 0 aromatic carbocycles. The Morgan fingerprint density at radius 1 is 1.65 bits per heavy atom. The van der Waals surface area contributed by atoms with Crippen molar-refractivity contribution in [1.82, 2.24) is 15.3 Å². The van der Waals surface area contributed by atoms with Gasteiger partial charge in [-0.1, -0.05) is 0 Å². The number of aromatic amines is 1. The highest BCUT2D eigenvalue weighted by Gasteiger charge is 2.29. The third kappa shape index (κ3) is 3.56. The number of amides is 1. The van der Waals surface area contributed by atoms with Crippen LogP contribution in [0.25, 0.3) is 0 Å². The number of hydrogen-bond acceptors (Lipinski definition) is 3. The van der Waals surface area contributed by atoms with E-state index in [0.29, 0.717) is 6.61 Å². The molecule has 0 saturated carbocycles. The number of rotatable bonds is 5. The molecule has 0 spiro atoms.